The Kier molecular flexibility index (Phi) is 5.90. The van der Waals surface area contributed by atoms with Crippen molar-refractivity contribution in [3.63, 3.8) is 0 Å². The summed E-state index contributed by atoms with van der Waals surface area (Å²) < 4.78 is 5.91. The Morgan fingerprint density at radius 1 is 1.24 bits per heavy atom. The lowest BCUT2D eigenvalue weighted by Gasteiger charge is -2.31. The van der Waals surface area contributed by atoms with E-state index in [2.05, 4.69) is 13.8 Å². The second-order valence-corrected chi connectivity index (χ2v) is 6.21. The van der Waals surface area contributed by atoms with Crippen molar-refractivity contribution in [2.75, 3.05) is 13.2 Å². The van der Waals surface area contributed by atoms with Crippen LogP contribution in [0.2, 0.25) is 0 Å². The Hall–Kier alpha value is -0.120. The van der Waals surface area contributed by atoms with E-state index in [9.17, 15) is 5.11 Å². The molecule has 1 saturated carbocycles. The zero-order chi connectivity index (χ0) is 12.9. The van der Waals surface area contributed by atoms with Gasteiger partial charge in [0.1, 0.15) is 0 Å². The summed E-state index contributed by atoms with van der Waals surface area (Å²) in [5.74, 6) is 1.58. The van der Waals surface area contributed by atoms with Crippen LogP contribution in [0, 0.1) is 11.8 Å². The van der Waals surface area contributed by atoms with Gasteiger partial charge in [-0.1, -0.05) is 13.8 Å². The molecule has 0 aromatic rings. The highest BCUT2D eigenvalue weighted by Crippen LogP contribution is 2.30. The van der Waals surface area contributed by atoms with Gasteiger partial charge in [0.15, 0.2) is 0 Å². The molecule has 1 fully saturated rings. The predicted octanol–water partition coefficient (Wildman–Crippen LogP) is 2.32. The van der Waals surface area contributed by atoms with Gasteiger partial charge in [0.2, 0.25) is 0 Å². The van der Waals surface area contributed by atoms with Gasteiger partial charge in [0.25, 0.3) is 0 Å². The van der Waals surface area contributed by atoms with Gasteiger partial charge in [-0.3, -0.25) is 0 Å². The molecule has 0 aliphatic heterocycles. The van der Waals surface area contributed by atoms with Crippen LogP contribution in [0.3, 0.4) is 0 Å². The molecule has 3 unspecified atom stereocenters. The van der Waals surface area contributed by atoms with Crippen LogP contribution in [0.4, 0.5) is 0 Å². The Morgan fingerprint density at radius 3 is 2.35 bits per heavy atom. The zero-order valence-electron chi connectivity index (χ0n) is 11.6. The average molecular weight is 243 g/mol. The quantitative estimate of drug-likeness (QED) is 0.704. The molecule has 3 heteroatoms. The van der Waals surface area contributed by atoms with Gasteiger partial charge in [-0.05, 0) is 50.9 Å². The number of rotatable bonds is 6. The minimum Gasteiger partial charge on any atom is -0.389 e. The predicted molar refractivity (Wildman–Crippen MR) is 70.8 cm³/mol. The highest BCUT2D eigenvalue weighted by molar-refractivity contribution is 4.76. The zero-order valence-corrected chi connectivity index (χ0v) is 11.6. The third kappa shape index (κ3) is 5.84. The molecule has 0 aromatic carbocycles. The van der Waals surface area contributed by atoms with Gasteiger partial charge >= 0.3 is 0 Å². The van der Waals surface area contributed by atoms with Crippen molar-refractivity contribution in [1.29, 1.82) is 0 Å². The molecule has 1 rings (SSSR count). The first-order valence-corrected chi connectivity index (χ1v) is 6.97. The van der Waals surface area contributed by atoms with Crippen molar-refractivity contribution >= 4 is 0 Å². The van der Waals surface area contributed by atoms with E-state index in [1.807, 2.05) is 0 Å². The molecule has 3 N–H and O–H groups in total. The van der Waals surface area contributed by atoms with Crippen molar-refractivity contribution in [2.45, 2.75) is 64.6 Å². The average Bonchev–Trinajstić information content (AvgIpc) is 2.23. The number of nitrogens with two attached hydrogens (primary N) is 1. The smallest absolute Gasteiger partial charge is 0.0742 e. The molecule has 0 bridgehead atoms. The van der Waals surface area contributed by atoms with Crippen LogP contribution in [0.5, 0.6) is 0 Å². The van der Waals surface area contributed by atoms with Gasteiger partial charge in [0, 0.05) is 13.2 Å². The van der Waals surface area contributed by atoms with Crippen LogP contribution in [0.25, 0.3) is 0 Å². The van der Waals surface area contributed by atoms with Gasteiger partial charge in [-0.15, -0.1) is 0 Å². The molecule has 0 amide bonds. The summed E-state index contributed by atoms with van der Waals surface area (Å²) >= 11 is 0. The maximum Gasteiger partial charge on any atom is 0.0742 e. The van der Waals surface area contributed by atoms with Crippen molar-refractivity contribution in [1.82, 2.24) is 0 Å². The Balaban J connectivity index is 2.14. The molecular formula is C14H29NO2. The largest absolute Gasteiger partial charge is 0.389 e. The van der Waals surface area contributed by atoms with Gasteiger partial charge in [-0.25, -0.2) is 0 Å². The molecule has 0 heterocycles. The third-order valence-corrected chi connectivity index (χ3v) is 3.79. The Bertz CT molecular complexity index is 208. The SMILES string of the molecule is CC1CC(C)CC(OCCCC(C)(O)CN)C1. The molecule has 0 radical (unpaired) electrons. The monoisotopic (exact) mass is 243 g/mol. The molecule has 0 spiro atoms. The molecule has 3 nitrogen and oxygen atoms in total. The van der Waals surface area contributed by atoms with E-state index in [0.717, 1.165) is 31.3 Å². The van der Waals surface area contributed by atoms with Crippen LogP contribution in [0.1, 0.15) is 52.9 Å². The molecule has 0 saturated heterocycles. The Labute approximate surface area is 106 Å². The normalized spacial score (nSPS) is 33.4. The highest BCUT2D eigenvalue weighted by Gasteiger charge is 2.24. The lowest BCUT2D eigenvalue weighted by molar-refractivity contribution is -0.0118. The van der Waals surface area contributed by atoms with Crippen molar-refractivity contribution < 1.29 is 9.84 Å². The van der Waals surface area contributed by atoms with Crippen LogP contribution >= 0.6 is 0 Å². The van der Waals surface area contributed by atoms with E-state index in [4.69, 9.17) is 10.5 Å². The van der Waals surface area contributed by atoms with E-state index in [1.54, 1.807) is 6.92 Å². The molecule has 17 heavy (non-hydrogen) atoms. The topological polar surface area (TPSA) is 55.5 Å². The highest BCUT2D eigenvalue weighted by atomic mass is 16.5. The fraction of sp³-hybridized carbons (Fsp3) is 1.00. The maximum atomic E-state index is 9.76. The van der Waals surface area contributed by atoms with Crippen LogP contribution < -0.4 is 5.73 Å². The number of aliphatic hydroxyl groups is 1. The second-order valence-electron chi connectivity index (χ2n) is 6.21. The van der Waals surface area contributed by atoms with Gasteiger partial charge in [-0.2, -0.15) is 0 Å². The third-order valence-electron chi connectivity index (χ3n) is 3.79. The molecular weight excluding hydrogens is 214 g/mol. The lowest BCUT2D eigenvalue weighted by Crippen LogP contribution is -2.34. The molecule has 1 aliphatic carbocycles. The van der Waals surface area contributed by atoms with Crippen molar-refractivity contribution in [2.24, 2.45) is 17.6 Å². The van der Waals surface area contributed by atoms with E-state index in [1.165, 1.54) is 19.3 Å². The molecule has 0 aromatic heterocycles. The van der Waals surface area contributed by atoms with Crippen LogP contribution in [0.15, 0.2) is 0 Å². The summed E-state index contributed by atoms with van der Waals surface area (Å²) in [6.45, 7) is 7.49. The minimum atomic E-state index is -0.726. The number of hydrogen-bond acceptors (Lipinski definition) is 3. The molecule has 102 valence electrons. The summed E-state index contributed by atoms with van der Waals surface area (Å²) in [5, 5.41) is 9.76. The first kappa shape index (κ1) is 14.9. The van der Waals surface area contributed by atoms with E-state index >= 15 is 0 Å². The minimum absolute atomic E-state index is 0.324. The van der Waals surface area contributed by atoms with Gasteiger partial charge in [0.05, 0.1) is 11.7 Å². The molecule has 3 atom stereocenters. The van der Waals surface area contributed by atoms with Crippen molar-refractivity contribution in [3.8, 4) is 0 Å². The van der Waals surface area contributed by atoms with Crippen molar-refractivity contribution in [3.05, 3.63) is 0 Å². The maximum absolute atomic E-state index is 9.76. The first-order chi connectivity index (χ1) is 7.93. The van der Waals surface area contributed by atoms with E-state index in [-0.39, 0.29) is 0 Å². The second kappa shape index (κ2) is 6.72. The summed E-state index contributed by atoms with van der Waals surface area (Å²) in [7, 11) is 0. The Morgan fingerprint density at radius 2 is 1.82 bits per heavy atom. The fourth-order valence-electron chi connectivity index (χ4n) is 2.81. The number of hydrogen-bond donors (Lipinski definition) is 2. The van der Waals surface area contributed by atoms with Crippen LogP contribution in [-0.2, 0) is 4.74 Å². The summed E-state index contributed by atoms with van der Waals surface area (Å²) in [5.41, 5.74) is 4.75. The summed E-state index contributed by atoms with van der Waals surface area (Å²) in [6, 6.07) is 0. The first-order valence-electron chi connectivity index (χ1n) is 6.97. The van der Waals surface area contributed by atoms with E-state index in [0.29, 0.717) is 12.6 Å². The lowest BCUT2D eigenvalue weighted by atomic mass is 9.82. The van der Waals surface area contributed by atoms with E-state index < -0.39 is 5.60 Å². The summed E-state index contributed by atoms with van der Waals surface area (Å²) in [6.07, 6.45) is 5.76. The van der Waals surface area contributed by atoms with Gasteiger partial charge < -0.3 is 15.6 Å². The fourth-order valence-corrected chi connectivity index (χ4v) is 2.81. The molecule has 1 aliphatic rings. The van der Waals surface area contributed by atoms with Crippen LogP contribution in [-0.4, -0.2) is 30.0 Å². The number of ether oxygens (including phenoxy) is 1. The standard InChI is InChI=1S/C14H29NO2/c1-11-7-12(2)9-13(8-11)17-6-4-5-14(3,16)10-15/h11-13,16H,4-10,15H2,1-3H3. The summed E-state index contributed by atoms with van der Waals surface area (Å²) in [4.78, 5) is 0.